The molecule has 0 spiro atoms. The number of hydrogen-bond acceptors (Lipinski definition) is 5. The Bertz CT molecular complexity index is 854. The van der Waals surface area contributed by atoms with Gasteiger partial charge in [0, 0.05) is 18.1 Å². The number of rotatable bonds is 13. The normalized spacial score (nSPS) is 10.5. The van der Waals surface area contributed by atoms with Crippen LogP contribution in [0.2, 0.25) is 0 Å². The molecule has 0 fully saturated rings. The third-order valence-corrected chi connectivity index (χ3v) is 5.01. The predicted molar refractivity (Wildman–Crippen MR) is 121 cm³/mol. The summed E-state index contributed by atoms with van der Waals surface area (Å²) in [5.74, 6) is -1.15. The van der Waals surface area contributed by atoms with E-state index in [2.05, 4.69) is 11.7 Å². The van der Waals surface area contributed by atoms with Crippen molar-refractivity contribution in [3.8, 4) is 5.75 Å². The summed E-state index contributed by atoms with van der Waals surface area (Å²) in [7, 11) is 0. The molecule has 0 aliphatic heterocycles. The van der Waals surface area contributed by atoms with Crippen LogP contribution in [0.25, 0.3) is 0 Å². The fraction of sp³-hybridized carbons (Fsp3) is 0.423. The van der Waals surface area contributed by atoms with Gasteiger partial charge < -0.3 is 9.47 Å². The highest BCUT2D eigenvalue weighted by Gasteiger charge is 2.20. The van der Waals surface area contributed by atoms with Crippen LogP contribution in [0.15, 0.2) is 48.5 Å². The summed E-state index contributed by atoms with van der Waals surface area (Å²) < 4.78 is 10.4. The van der Waals surface area contributed by atoms with E-state index in [4.69, 9.17) is 4.74 Å². The Morgan fingerprint density at radius 1 is 0.742 bits per heavy atom. The number of carbonyl (C=O) groups excluding carboxylic acids is 3. The molecular formula is C26H32O5. The Morgan fingerprint density at radius 3 is 1.94 bits per heavy atom. The molecule has 0 amide bonds. The Morgan fingerprint density at radius 2 is 1.32 bits per heavy atom. The van der Waals surface area contributed by atoms with Crippen LogP contribution >= 0.6 is 0 Å². The van der Waals surface area contributed by atoms with Crippen molar-refractivity contribution in [3.05, 3.63) is 65.2 Å². The average molecular weight is 425 g/mol. The summed E-state index contributed by atoms with van der Waals surface area (Å²) in [6, 6.07) is 13.2. The smallest absolute Gasteiger partial charge is 0.346 e. The van der Waals surface area contributed by atoms with Crippen LogP contribution in [0.5, 0.6) is 5.75 Å². The molecule has 0 N–H and O–H groups in total. The van der Waals surface area contributed by atoms with E-state index >= 15 is 0 Å². The quantitative estimate of drug-likeness (QED) is 0.167. The van der Waals surface area contributed by atoms with Crippen molar-refractivity contribution in [1.29, 1.82) is 0 Å². The van der Waals surface area contributed by atoms with E-state index in [0.717, 1.165) is 19.8 Å². The lowest BCUT2D eigenvalue weighted by atomic mass is 9.98. The Kier molecular flexibility index (Phi) is 10.5. The van der Waals surface area contributed by atoms with Crippen LogP contribution in [-0.2, 0) is 9.53 Å². The molecular weight excluding hydrogens is 392 g/mol. The summed E-state index contributed by atoms with van der Waals surface area (Å²) in [6.45, 7) is 4.03. The second-order valence-electron chi connectivity index (χ2n) is 7.60. The molecule has 0 bridgehead atoms. The molecule has 0 unspecified atom stereocenters. The topological polar surface area (TPSA) is 69.7 Å². The molecule has 31 heavy (non-hydrogen) atoms. The van der Waals surface area contributed by atoms with Crippen molar-refractivity contribution in [2.75, 3.05) is 6.61 Å². The van der Waals surface area contributed by atoms with Crippen LogP contribution in [0.1, 0.15) is 91.5 Å². The molecule has 5 nitrogen and oxygen atoms in total. The Hall–Kier alpha value is -2.95. The molecule has 0 saturated carbocycles. The highest BCUT2D eigenvalue weighted by atomic mass is 16.6. The highest BCUT2D eigenvalue weighted by Crippen LogP contribution is 2.19. The van der Waals surface area contributed by atoms with Gasteiger partial charge in [-0.15, -0.1) is 0 Å². The third kappa shape index (κ3) is 8.36. The fourth-order valence-corrected chi connectivity index (χ4v) is 3.33. The number of benzene rings is 2. The zero-order valence-corrected chi connectivity index (χ0v) is 18.5. The highest BCUT2D eigenvalue weighted by molar-refractivity contribution is 6.15. The molecule has 0 aliphatic rings. The van der Waals surface area contributed by atoms with E-state index in [-0.39, 0.29) is 16.9 Å². The van der Waals surface area contributed by atoms with Crippen molar-refractivity contribution < 1.29 is 23.9 Å². The van der Waals surface area contributed by atoms with Crippen molar-refractivity contribution in [1.82, 2.24) is 0 Å². The molecule has 2 aromatic carbocycles. The molecule has 0 heterocycles. The van der Waals surface area contributed by atoms with Crippen LogP contribution in [0.4, 0.5) is 0 Å². The summed E-state index contributed by atoms with van der Waals surface area (Å²) in [6.07, 6.45) is 9.97. The maximum absolute atomic E-state index is 12.9. The predicted octanol–water partition coefficient (Wildman–Crippen LogP) is 6.14. The Balaban J connectivity index is 1.85. The van der Waals surface area contributed by atoms with Crippen molar-refractivity contribution >= 4 is 17.7 Å². The standard InChI is InChI=1S/C26H32O5/c1-3-4-5-6-7-8-9-12-19-30-22-17-15-21(16-18-22)25(28)23-13-10-11-14-24(23)26(29)31-20(2)27/h10-11,13-18H,3-9,12,19H2,1-2H3. The maximum Gasteiger partial charge on any atom is 0.346 e. The number of carbonyl (C=O) groups is 3. The van der Waals surface area contributed by atoms with Gasteiger partial charge in [0.2, 0.25) is 0 Å². The number of ether oxygens (including phenoxy) is 2. The lowest BCUT2D eigenvalue weighted by Crippen LogP contribution is -2.14. The number of ketones is 1. The first kappa shape index (κ1) is 24.3. The second-order valence-corrected chi connectivity index (χ2v) is 7.60. The van der Waals surface area contributed by atoms with Gasteiger partial charge in [-0.25, -0.2) is 4.79 Å². The van der Waals surface area contributed by atoms with Crippen LogP contribution in [0, 0.1) is 0 Å². The molecule has 0 saturated heterocycles. The lowest BCUT2D eigenvalue weighted by molar-refractivity contribution is -0.135. The van der Waals surface area contributed by atoms with Gasteiger partial charge in [-0.05, 0) is 36.8 Å². The number of unbranched alkanes of at least 4 members (excludes halogenated alkanes) is 7. The molecule has 0 atom stereocenters. The van der Waals surface area contributed by atoms with E-state index in [1.54, 1.807) is 42.5 Å². The van der Waals surface area contributed by atoms with Gasteiger partial charge in [0.1, 0.15) is 5.75 Å². The largest absolute Gasteiger partial charge is 0.494 e. The summed E-state index contributed by atoms with van der Waals surface area (Å²) in [4.78, 5) is 36.0. The summed E-state index contributed by atoms with van der Waals surface area (Å²) >= 11 is 0. The van der Waals surface area contributed by atoms with Gasteiger partial charge in [-0.2, -0.15) is 0 Å². The van der Waals surface area contributed by atoms with Crippen molar-refractivity contribution in [2.24, 2.45) is 0 Å². The SMILES string of the molecule is CCCCCCCCCCOc1ccc(C(=O)c2ccccc2C(=O)OC(C)=O)cc1. The second kappa shape index (κ2) is 13.4. The molecule has 2 aromatic rings. The first-order chi connectivity index (χ1) is 15.0. The average Bonchev–Trinajstić information content (AvgIpc) is 2.77. The molecule has 0 aliphatic carbocycles. The Labute approximate surface area is 184 Å². The fourth-order valence-electron chi connectivity index (χ4n) is 3.33. The summed E-state index contributed by atoms with van der Waals surface area (Å²) in [5, 5.41) is 0. The molecule has 166 valence electrons. The van der Waals surface area contributed by atoms with Crippen LogP contribution < -0.4 is 4.74 Å². The molecule has 0 radical (unpaired) electrons. The number of hydrogen-bond donors (Lipinski definition) is 0. The first-order valence-electron chi connectivity index (χ1n) is 11.1. The minimum Gasteiger partial charge on any atom is -0.494 e. The van der Waals surface area contributed by atoms with E-state index in [1.165, 1.54) is 44.6 Å². The van der Waals surface area contributed by atoms with E-state index in [1.807, 2.05) is 0 Å². The first-order valence-corrected chi connectivity index (χ1v) is 11.1. The minimum atomic E-state index is -0.832. The zero-order chi connectivity index (χ0) is 22.5. The zero-order valence-electron chi connectivity index (χ0n) is 18.5. The lowest BCUT2D eigenvalue weighted by Gasteiger charge is -2.09. The van der Waals surface area contributed by atoms with Crippen LogP contribution in [-0.4, -0.2) is 24.3 Å². The van der Waals surface area contributed by atoms with Gasteiger partial charge in [0.25, 0.3) is 0 Å². The van der Waals surface area contributed by atoms with Gasteiger partial charge in [0.05, 0.1) is 12.2 Å². The van der Waals surface area contributed by atoms with Crippen molar-refractivity contribution in [2.45, 2.75) is 65.2 Å². The van der Waals surface area contributed by atoms with Crippen LogP contribution in [0.3, 0.4) is 0 Å². The van der Waals surface area contributed by atoms with Gasteiger partial charge in [-0.3, -0.25) is 9.59 Å². The van der Waals surface area contributed by atoms with Gasteiger partial charge >= 0.3 is 11.9 Å². The molecule has 0 aromatic heterocycles. The molecule has 2 rings (SSSR count). The maximum atomic E-state index is 12.9. The van der Waals surface area contributed by atoms with Crippen molar-refractivity contribution in [3.63, 3.8) is 0 Å². The monoisotopic (exact) mass is 424 g/mol. The van der Waals surface area contributed by atoms with E-state index < -0.39 is 11.9 Å². The third-order valence-electron chi connectivity index (χ3n) is 5.01. The summed E-state index contributed by atoms with van der Waals surface area (Å²) in [5.41, 5.74) is 0.696. The van der Waals surface area contributed by atoms with E-state index in [9.17, 15) is 14.4 Å². The van der Waals surface area contributed by atoms with Gasteiger partial charge in [-0.1, -0.05) is 70.1 Å². The van der Waals surface area contributed by atoms with E-state index in [0.29, 0.717) is 17.9 Å². The minimum absolute atomic E-state index is 0.0673. The number of esters is 2. The van der Waals surface area contributed by atoms with Gasteiger partial charge in [0.15, 0.2) is 5.78 Å². The molecule has 5 heteroatoms.